The highest BCUT2D eigenvalue weighted by atomic mass is 79.9. The van der Waals surface area contributed by atoms with Crippen molar-refractivity contribution in [2.75, 3.05) is 33.3 Å². The molecule has 0 bridgehead atoms. The van der Waals surface area contributed by atoms with E-state index in [-0.39, 0.29) is 41.9 Å². The standard InChI is InChI=1S/C17H19BrN2O6S2/c1-10-14(15(18)11(2)26-10)16(21)19-4-6-20(7-5-19)28(23,24)13-8-12(9-27-13)17(22)25-3/h8-9H,4-7H2,1-3H3. The third kappa shape index (κ3) is 3.76. The Morgan fingerprint density at radius 1 is 1.18 bits per heavy atom. The lowest BCUT2D eigenvalue weighted by Crippen LogP contribution is -2.50. The predicted molar refractivity (Wildman–Crippen MR) is 106 cm³/mol. The van der Waals surface area contributed by atoms with E-state index in [0.29, 0.717) is 21.6 Å². The number of methoxy groups -OCH3 is 1. The smallest absolute Gasteiger partial charge is 0.338 e. The van der Waals surface area contributed by atoms with E-state index in [0.717, 1.165) is 11.3 Å². The van der Waals surface area contributed by atoms with Crippen molar-refractivity contribution in [1.29, 1.82) is 0 Å². The number of halogens is 1. The molecule has 0 radical (unpaired) electrons. The van der Waals surface area contributed by atoms with Gasteiger partial charge in [0.25, 0.3) is 15.9 Å². The van der Waals surface area contributed by atoms with Gasteiger partial charge in [-0.25, -0.2) is 13.2 Å². The average molecular weight is 491 g/mol. The number of carbonyl (C=O) groups is 2. The number of aryl methyl sites for hydroxylation is 2. The molecule has 1 amide bonds. The van der Waals surface area contributed by atoms with Gasteiger partial charge in [0.15, 0.2) is 0 Å². The van der Waals surface area contributed by atoms with Crippen LogP contribution in [0.2, 0.25) is 0 Å². The molecule has 3 heterocycles. The molecule has 11 heteroatoms. The molecule has 0 aromatic carbocycles. The van der Waals surface area contributed by atoms with Crippen molar-refractivity contribution >= 4 is 49.2 Å². The first-order valence-corrected chi connectivity index (χ1v) is 11.5. The monoisotopic (exact) mass is 490 g/mol. The highest BCUT2D eigenvalue weighted by Crippen LogP contribution is 2.30. The van der Waals surface area contributed by atoms with Gasteiger partial charge in [0.2, 0.25) is 0 Å². The van der Waals surface area contributed by atoms with Gasteiger partial charge in [-0.05, 0) is 35.8 Å². The fourth-order valence-electron chi connectivity index (χ4n) is 2.99. The number of ether oxygens (including phenoxy) is 1. The maximum atomic E-state index is 12.8. The second-order valence-electron chi connectivity index (χ2n) is 6.25. The van der Waals surface area contributed by atoms with Crippen LogP contribution in [0.1, 0.15) is 32.2 Å². The number of hydrogen-bond donors (Lipinski definition) is 0. The van der Waals surface area contributed by atoms with Crippen molar-refractivity contribution in [1.82, 2.24) is 9.21 Å². The van der Waals surface area contributed by atoms with Crippen molar-refractivity contribution < 1.29 is 27.2 Å². The van der Waals surface area contributed by atoms with Crippen LogP contribution in [0.25, 0.3) is 0 Å². The summed E-state index contributed by atoms with van der Waals surface area (Å²) in [6.45, 7) is 4.37. The van der Waals surface area contributed by atoms with Crippen LogP contribution in [-0.4, -0.2) is 62.8 Å². The molecule has 1 fully saturated rings. The average Bonchev–Trinajstić information content (AvgIpc) is 3.26. The van der Waals surface area contributed by atoms with Crippen LogP contribution in [0.5, 0.6) is 0 Å². The zero-order valence-corrected chi connectivity index (χ0v) is 18.7. The number of rotatable bonds is 4. The molecule has 0 atom stereocenters. The van der Waals surface area contributed by atoms with Gasteiger partial charge >= 0.3 is 5.97 Å². The van der Waals surface area contributed by atoms with Crippen LogP contribution in [-0.2, 0) is 14.8 Å². The SMILES string of the molecule is COC(=O)c1csc(S(=O)(=O)N2CCN(C(=O)c3c(C)oc(C)c3Br)CC2)c1. The summed E-state index contributed by atoms with van der Waals surface area (Å²) in [4.78, 5) is 26.0. The van der Waals surface area contributed by atoms with E-state index in [1.807, 2.05) is 0 Å². The highest BCUT2D eigenvalue weighted by Gasteiger charge is 2.33. The Kier molecular flexibility index (Phi) is 5.99. The second kappa shape index (κ2) is 7.97. The Morgan fingerprint density at radius 3 is 2.36 bits per heavy atom. The van der Waals surface area contributed by atoms with Gasteiger partial charge in [0.05, 0.1) is 22.7 Å². The van der Waals surface area contributed by atoms with Crippen molar-refractivity contribution in [2.45, 2.75) is 18.1 Å². The van der Waals surface area contributed by atoms with Crippen LogP contribution >= 0.6 is 27.3 Å². The van der Waals surface area contributed by atoms with E-state index in [4.69, 9.17) is 4.42 Å². The van der Waals surface area contributed by atoms with Crippen LogP contribution in [0.4, 0.5) is 0 Å². The topological polar surface area (TPSA) is 97.1 Å². The number of carbonyl (C=O) groups excluding carboxylic acids is 2. The summed E-state index contributed by atoms with van der Waals surface area (Å²) in [5, 5.41) is 1.46. The molecule has 0 N–H and O–H groups in total. The summed E-state index contributed by atoms with van der Waals surface area (Å²) in [5.74, 6) is 0.381. The number of thiophene rings is 1. The molecule has 1 aliphatic heterocycles. The van der Waals surface area contributed by atoms with Gasteiger partial charge in [0.1, 0.15) is 15.7 Å². The number of esters is 1. The maximum Gasteiger partial charge on any atom is 0.338 e. The zero-order valence-electron chi connectivity index (χ0n) is 15.5. The molecule has 0 aliphatic carbocycles. The summed E-state index contributed by atoms with van der Waals surface area (Å²) in [6.07, 6.45) is 0. The molecule has 8 nitrogen and oxygen atoms in total. The van der Waals surface area contributed by atoms with Crippen LogP contribution in [0, 0.1) is 13.8 Å². The highest BCUT2D eigenvalue weighted by molar-refractivity contribution is 9.10. The molecule has 2 aromatic rings. The molecule has 152 valence electrons. The van der Waals surface area contributed by atoms with Gasteiger partial charge in [-0.2, -0.15) is 4.31 Å². The third-order valence-corrected chi connectivity index (χ3v) is 8.79. The van der Waals surface area contributed by atoms with Gasteiger partial charge in [-0.3, -0.25) is 4.79 Å². The first-order chi connectivity index (χ1) is 13.2. The summed E-state index contributed by atoms with van der Waals surface area (Å²) in [7, 11) is -2.49. The van der Waals surface area contributed by atoms with Crippen molar-refractivity contribution in [2.24, 2.45) is 0 Å². The Bertz CT molecular complexity index is 1020. The van der Waals surface area contributed by atoms with Crippen molar-refractivity contribution in [3.63, 3.8) is 0 Å². The lowest BCUT2D eigenvalue weighted by atomic mass is 10.2. The first kappa shape index (κ1) is 21.0. The molecular weight excluding hydrogens is 472 g/mol. The van der Waals surface area contributed by atoms with E-state index in [2.05, 4.69) is 20.7 Å². The summed E-state index contributed by atoms with van der Waals surface area (Å²) in [6, 6.07) is 1.32. The first-order valence-electron chi connectivity index (χ1n) is 8.38. The number of sulfonamides is 1. The Labute approximate surface area is 175 Å². The number of piperazine rings is 1. The molecule has 2 aromatic heterocycles. The van der Waals surface area contributed by atoms with E-state index in [1.54, 1.807) is 18.7 Å². The quantitative estimate of drug-likeness (QED) is 0.611. The molecule has 3 rings (SSSR count). The molecular formula is C17H19BrN2O6S2. The molecule has 1 aliphatic rings. The molecule has 0 spiro atoms. The van der Waals surface area contributed by atoms with Gasteiger partial charge < -0.3 is 14.1 Å². The number of hydrogen-bond acceptors (Lipinski definition) is 7. The van der Waals surface area contributed by atoms with Gasteiger partial charge in [0, 0.05) is 31.6 Å². The second-order valence-corrected chi connectivity index (χ2v) is 10.1. The summed E-state index contributed by atoms with van der Waals surface area (Å²) >= 11 is 4.35. The van der Waals surface area contributed by atoms with Crippen LogP contribution in [0.15, 0.2) is 24.5 Å². The fraction of sp³-hybridized carbons (Fsp3) is 0.412. The minimum atomic E-state index is -3.73. The Morgan fingerprint density at radius 2 is 1.82 bits per heavy atom. The number of furan rings is 1. The van der Waals surface area contributed by atoms with E-state index < -0.39 is 16.0 Å². The van der Waals surface area contributed by atoms with E-state index >= 15 is 0 Å². The third-order valence-electron chi connectivity index (χ3n) is 4.52. The minimum Gasteiger partial charge on any atom is -0.465 e. The van der Waals surface area contributed by atoms with Crippen LogP contribution < -0.4 is 0 Å². The van der Waals surface area contributed by atoms with Gasteiger partial charge in [-0.15, -0.1) is 11.3 Å². The Balaban J connectivity index is 1.71. The van der Waals surface area contributed by atoms with Crippen molar-refractivity contribution in [3.05, 3.63) is 38.6 Å². The molecule has 0 saturated carbocycles. The summed E-state index contributed by atoms with van der Waals surface area (Å²) in [5.41, 5.74) is 0.672. The predicted octanol–water partition coefficient (Wildman–Crippen LogP) is 2.65. The van der Waals surface area contributed by atoms with E-state index in [9.17, 15) is 18.0 Å². The normalized spacial score (nSPS) is 15.6. The molecule has 0 unspecified atom stereocenters. The van der Waals surface area contributed by atoms with Gasteiger partial charge in [-0.1, -0.05) is 0 Å². The lowest BCUT2D eigenvalue weighted by molar-refractivity contribution is 0.0600. The zero-order chi connectivity index (χ0) is 20.6. The van der Waals surface area contributed by atoms with Crippen molar-refractivity contribution in [3.8, 4) is 0 Å². The number of amides is 1. The molecule has 28 heavy (non-hydrogen) atoms. The largest absolute Gasteiger partial charge is 0.465 e. The number of nitrogens with zero attached hydrogens (tertiary/aromatic N) is 2. The minimum absolute atomic E-state index is 0.0803. The Hall–Kier alpha value is -1.69. The lowest BCUT2D eigenvalue weighted by Gasteiger charge is -2.33. The fourth-order valence-corrected chi connectivity index (χ4v) is 6.25. The maximum absolute atomic E-state index is 12.8. The van der Waals surface area contributed by atoms with E-state index in [1.165, 1.54) is 22.9 Å². The molecule has 1 saturated heterocycles. The van der Waals surface area contributed by atoms with Crippen LogP contribution in [0.3, 0.4) is 0 Å². The summed E-state index contributed by atoms with van der Waals surface area (Å²) < 4.78 is 37.8.